The average molecular weight is 702 g/mol. The molecule has 3 aromatic rings. The number of aryl methyl sites for hydroxylation is 1. The van der Waals surface area contributed by atoms with Gasteiger partial charge in [-0.15, -0.1) is 0 Å². The molecule has 3 amide bonds. The van der Waals surface area contributed by atoms with E-state index in [4.69, 9.17) is 19.9 Å². The van der Waals surface area contributed by atoms with E-state index in [-0.39, 0.29) is 23.8 Å². The molecule has 0 spiro atoms. The summed E-state index contributed by atoms with van der Waals surface area (Å²) in [4.78, 5) is 45.5. The predicted octanol–water partition coefficient (Wildman–Crippen LogP) is 6.14. The van der Waals surface area contributed by atoms with Gasteiger partial charge in [-0.1, -0.05) is 18.2 Å². The molecule has 0 unspecified atom stereocenters. The first-order valence-corrected chi connectivity index (χ1v) is 17.9. The SMILES string of the molecule is COc1cc(C(=O)N(C)c2ccc(C)cc2OCCCCCC(=O)N2CCC(N(C)C)CC2)ccc1NC(=O)c1ccccc1O[C@@H](C)CCN. The summed E-state index contributed by atoms with van der Waals surface area (Å²) in [6, 6.07) is 18.2. The topological polar surface area (TPSA) is 127 Å². The van der Waals surface area contributed by atoms with Crippen molar-refractivity contribution in [3.63, 3.8) is 0 Å². The molecule has 0 saturated carbocycles. The van der Waals surface area contributed by atoms with Crippen LogP contribution in [0.3, 0.4) is 0 Å². The van der Waals surface area contributed by atoms with Gasteiger partial charge in [0.1, 0.15) is 17.2 Å². The maximum Gasteiger partial charge on any atom is 0.259 e. The molecular formula is C40H55N5O6. The highest BCUT2D eigenvalue weighted by Gasteiger charge is 2.24. The molecule has 0 bridgehead atoms. The van der Waals surface area contributed by atoms with Gasteiger partial charge in [0, 0.05) is 38.2 Å². The molecule has 11 heteroatoms. The lowest BCUT2D eigenvalue weighted by atomic mass is 10.0. The third-order valence-electron chi connectivity index (χ3n) is 9.35. The van der Waals surface area contributed by atoms with Crippen molar-refractivity contribution in [1.82, 2.24) is 9.80 Å². The number of carbonyl (C=O) groups excluding carboxylic acids is 3. The number of benzene rings is 3. The van der Waals surface area contributed by atoms with Gasteiger partial charge in [0.2, 0.25) is 5.91 Å². The van der Waals surface area contributed by atoms with Gasteiger partial charge in [0.25, 0.3) is 11.8 Å². The van der Waals surface area contributed by atoms with E-state index in [9.17, 15) is 14.4 Å². The molecule has 3 aromatic carbocycles. The Labute approximate surface area is 303 Å². The molecule has 51 heavy (non-hydrogen) atoms. The van der Waals surface area contributed by atoms with Crippen molar-refractivity contribution in [2.45, 2.75) is 70.9 Å². The molecule has 4 rings (SSSR count). The molecule has 1 atom stereocenters. The van der Waals surface area contributed by atoms with Gasteiger partial charge < -0.3 is 40.0 Å². The Bertz CT molecular complexity index is 1620. The van der Waals surface area contributed by atoms with Crippen molar-refractivity contribution in [3.8, 4) is 17.2 Å². The van der Waals surface area contributed by atoms with Crippen molar-refractivity contribution in [2.75, 3.05) is 64.7 Å². The molecule has 1 heterocycles. The normalized spacial score (nSPS) is 13.8. The summed E-state index contributed by atoms with van der Waals surface area (Å²) in [5.74, 6) is 1.03. The number of amides is 3. The molecule has 3 N–H and O–H groups in total. The number of unbranched alkanes of at least 4 members (excludes halogenated alkanes) is 2. The lowest BCUT2D eigenvalue weighted by Crippen LogP contribution is -2.44. The van der Waals surface area contributed by atoms with Gasteiger partial charge in [-0.05, 0) is 121 Å². The van der Waals surface area contributed by atoms with Gasteiger partial charge in [-0.3, -0.25) is 14.4 Å². The van der Waals surface area contributed by atoms with Crippen molar-refractivity contribution in [1.29, 1.82) is 0 Å². The van der Waals surface area contributed by atoms with E-state index in [1.165, 1.54) is 7.11 Å². The minimum Gasteiger partial charge on any atom is -0.495 e. The van der Waals surface area contributed by atoms with Crippen molar-refractivity contribution in [2.24, 2.45) is 5.73 Å². The molecule has 0 radical (unpaired) electrons. The molecule has 0 aromatic heterocycles. The number of nitrogens with two attached hydrogens (primary N) is 1. The van der Waals surface area contributed by atoms with E-state index in [1.807, 2.05) is 43.0 Å². The van der Waals surface area contributed by atoms with Crippen molar-refractivity contribution in [3.05, 3.63) is 77.4 Å². The van der Waals surface area contributed by atoms with Crippen molar-refractivity contribution < 1.29 is 28.6 Å². The Morgan fingerprint density at radius 2 is 1.69 bits per heavy atom. The maximum atomic E-state index is 13.7. The zero-order chi connectivity index (χ0) is 36.9. The number of anilines is 2. The number of piperidine rings is 1. The number of para-hydroxylation sites is 1. The van der Waals surface area contributed by atoms with E-state index >= 15 is 0 Å². The van der Waals surface area contributed by atoms with Gasteiger partial charge in [-0.2, -0.15) is 0 Å². The van der Waals surface area contributed by atoms with E-state index in [0.717, 1.165) is 50.8 Å². The highest BCUT2D eigenvalue weighted by Crippen LogP contribution is 2.33. The molecule has 1 fully saturated rings. The van der Waals surface area contributed by atoms with Crippen LogP contribution in [0.4, 0.5) is 11.4 Å². The number of likely N-dealkylation sites (tertiary alicyclic amines) is 1. The number of hydrogen-bond donors (Lipinski definition) is 2. The Balaban J connectivity index is 1.33. The summed E-state index contributed by atoms with van der Waals surface area (Å²) >= 11 is 0. The lowest BCUT2D eigenvalue weighted by molar-refractivity contribution is -0.132. The van der Waals surface area contributed by atoms with Gasteiger partial charge in [0.15, 0.2) is 0 Å². The Morgan fingerprint density at radius 1 is 0.941 bits per heavy atom. The molecule has 276 valence electrons. The number of rotatable bonds is 17. The third-order valence-corrected chi connectivity index (χ3v) is 9.35. The number of carbonyl (C=O) groups is 3. The smallest absolute Gasteiger partial charge is 0.259 e. The zero-order valence-corrected chi connectivity index (χ0v) is 31.1. The van der Waals surface area contributed by atoms with Crippen molar-refractivity contribution >= 4 is 29.1 Å². The van der Waals surface area contributed by atoms with Gasteiger partial charge in [-0.25, -0.2) is 0 Å². The summed E-state index contributed by atoms with van der Waals surface area (Å²) < 4.78 is 17.8. The van der Waals surface area contributed by atoms with Crippen LogP contribution in [0.5, 0.6) is 17.2 Å². The fraction of sp³-hybridized carbons (Fsp3) is 0.475. The van der Waals surface area contributed by atoms with Crippen LogP contribution in [-0.4, -0.2) is 94.2 Å². The average Bonchev–Trinajstić information content (AvgIpc) is 3.12. The summed E-state index contributed by atoms with van der Waals surface area (Å²) in [5, 5.41) is 2.90. The second-order valence-corrected chi connectivity index (χ2v) is 13.4. The fourth-order valence-corrected chi connectivity index (χ4v) is 6.23. The number of nitrogens with zero attached hydrogens (tertiary/aromatic N) is 3. The van der Waals surface area contributed by atoms with Crippen LogP contribution in [0, 0.1) is 6.92 Å². The summed E-state index contributed by atoms with van der Waals surface area (Å²) in [6.45, 7) is 6.51. The van der Waals surface area contributed by atoms with Crippen LogP contribution in [-0.2, 0) is 4.79 Å². The molecule has 1 aliphatic rings. The van der Waals surface area contributed by atoms with E-state index in [1.54, 1.807) is 48.3 Å². The number of hydrogen-bond acceptors (Lipinski definition) is 8. The molecule has 0 aliphatic carbocycles. The van der Waals surface area contributed by atoms with E-state index in [0.29, 0.717) is 71.8 Å². The Kier molecular flexibility index (Phi) is 14.7. The molecule has 11 nitrogen and oxygen atoms in total. The third kappa shape index (κ3) is 10.9. The first-order valence-electron chi connectivity index (χ1n) is 17.9. The first kappa shape index (κ1) is 39.2. The molecule has 1 aliphatic heterocycles. The van der Waals surface area contributed by atoms with Gasteiger partial charge in [0.05, 0.1) is 36.8 Å². The first-order chi connectivity index (χ1) is 24.5. The zero-order valence-electron chi connectivity index (χ0n) is 31.1. The number of nitrogens with one attached hydrogen (secondary N) is 1. The highest BCUT2D eigenvalue weighted by molar-refractivity contribution is 6.09. The predicted molar refractivity (Wildman–Crippen MR) is 202 cm³/mol. The monoisotopic (exact) mass is 701 g/mol. The van der Waals surface area contributed by atoms with Crippen LogP contribution in [0.2, 0.25) is 0 Å². The molecular weight excluding hydrogens is 646 g/mol. The van der Waals surface area contributed by atoms with E-state index in [2.05, 4.69) is 24.3 Å². The molecule has 1 saturated heterocycles. The number of methoxy groups -OCH3 is 1. The largest absolute Gasteiger partial charge is 0.495 e. The minimum atomic E-state index is -0.367. The van der Waals surface area contributed by atoms with Crippen LogP contribution >= 0.6 is 0 Å². The lowest BCUT2D eigenvalue weighted by Gasteiger charge is -2.35. The Morgan fingerprint density at radius 3 is 2.39 bits per heavy atom. The highest BCUT2D eigenvalue weighted by atomic mass is 16.5. The fourth-order valence-electron chi connectivity index (χ4n) is 6.23. The maximum absolute atomic E-state index is 13.7. The quantitative estimate of drug-likeness (QED) is 0.161. The van der Waals surface area contributed by atoms with E-state index < -0.39 is 0 Å². The summed E-state index contributed by atoms with van der Waals surface area (Å²) in [5.41, 5.74) is 8.49. The minimum absolute atomic E-state index is 0.149. The van der Waals surface area contributed by atoms with Crippen LogP contribution < -0.4 is 30.2 Å². The van der Waals surface area contributed by atoms with Crippen LogP contribution in [0.1, 0.15) is 78.1 Å². The van der Waals surface area contributed by atoms with Crippen LogP contribution in [0.15, 0.2) is 60.7 Å². The number of ether oxygens (including phenoxy) is 3. The second kappa shape index (κ2) is 19.1. The second-order valence-electron chi connectivity index (χ2n) is 13.4. The summed E-state index contributed by atoms with van der Waals surface area (Å²) in [6.07, 6.45) is 5.62. The van der Waals surface area contributed by atoms with Gasteiger partial charge >= 0.3 is 0 Å². The standard InChI is InChI=1S/C40H55N5O6/c1-28-15-18-34(37(26-28)50-25-11-7-8-14-38(46)45-23-20-31(21-24-45)43(3)4)44(5)40(48)30-16-17-33(36(27-30)49-6)42-39(47)32-12-9-10-13-35(32)51-29(2)19-22-41/h9-10,12-13,15-18,26-27,29,31H,7-8,11,14,19-25,41H2,1-6H3,(H,42,47)/t29-/m0/s1. The Hall–Kier alpha value is -4.61. The van der Waals surface area contributed by atoms with Crippen LogP contribution in [0.25, 0.3) is 0 Å². The summed E-state index contributed by atoms with van der Waals surface area (Å²) in [7, 11) is 7.40.